The van der Waals surface area contributed by atoms with Crippen molar-refractivity contribution in [3.8, 4) is 0 Å². The quantitative estimate of drug-likeness (QED) is 0.806. The summed E-state index contributed by atoms with van der Waals surface area (Å²) >= 11 is 1.34. The van der Waals surface area contributed by atoms with Gasteiger partial charge in [0.1, 0.15) is 12.2 Å². The topological polar surface area (TPSA) is 59.9 Å². The van der Waals surface area contributed by atoms with E-state index in [1.807, 2.05) is 48.6 Å². The standard InChI is InChI=1S/C20H22N2O3S/c1-4-13-5-8-15(9-6-13)21-20-22-19(23)18(26-20)12-14-7-10-16(24-2)17(11-14)25-3/h5-12,16-17H,4H2,1-3H3,(H,21,22,23)/b18-12-/t16-,17+/m0/s1. The fourth-order valence-corrected chi connectivity index (χ4v) is 3.56. The van der Waals surface area contributed by atoms with Crippen LogP contribution in [-0.2, 0) is 20.7 Å². The summed E-state index contributed by atoms with van der Waals surface area (Å²) in [6.45, 7) is 2.11. The number of aliphatic imine (C=N–C) groups is 1. The number of aryl methyl sites for hydroxylation is 1. The van der Waals surface area contributed by atoms with Crippen molar-refractivity contribution in [1.29, 1.82) is 0 Å². The van der Waals surface area contributed by atoms with Crippen LogP contribution < -0.4 is 5.32 Å². The van der Waals surface area contributed by atoms with Crippen molar-refractivity contribution in [2.75, 3.05) is 14.2 Å². The maximum absolute atomic E-state index is 12.2. The molecular weight excluding hydrogens is 348 g/mol. The van der Waals surface area contributed by atoms with Gasteiger partial charge >= 0.3 is 0 Å². The fraction of sp³-hybridized carbons (Fsp3) is 0.300. The Hall–Kier alpha value is -2.15. The van der Waals surface area contributed by atoms with Crippen LogP contribution in [0.2, 0.25) is 0 Å². The van der Waals surface area contributed by atoms with Crippen LogP contribution in [0.25, 0.3) is 0 Å². The van der Waals surface area contributed by atoms with E-state index in [1.165, 1.54) is 17.3 Å². The third kappa shape index (κ3) is 4.33. The lowest BCUT2D eigenvalue weighted by Crippen LogP contribution is -2.28. The van der Waals surface area contributed by atoms with Gasteiger partial charge in [-0.3, -0.25) is 4.79 Å². The van der Waals surface area contributed by atoms with E-state index in [1.54, 1.807) is 14.2 Å². The van der Waals surface area contributed by atoms with Crippen LogP contribution in [0, 0.1) is 0 Å². The van der Waals surface area contributed by atoms with Gasteiger partial charge in [-0.15, -0.1) is 0 Å². The summed E-state index contributed by atoms with van der Waals surface area (Å²) in [5.41, 5.74) is 3.00. The number of allylic oxidation sites excluding steroid dienone is 3. The minimum absolute atomic E-state index is 0.115. The molecule has 1 saturated heterocycles. The van der Waals surface area contributed by atoms with E-state index in [9.17, 15) is 4.79 Å². The molecule has 0 radical (unpaired) electrons. The molecule has 26 heavy (non-hydrogen) atoms. The number of rotatable bonds is 5. The molecule has 6 heteroatoms. The fourth-order valence-electron chi connectivity index (χ4n) is 2.72. The first kappa shape index (κ1) is 18.6. The molecule has 0 unspecified atom stereocenters. The predicted octanol–water partition coefficient (Wildman–Crippen LogP) is 3.51. The summed E-state index contributed by atoms with van der Waals surface area (Å²) in [5, 5.41) is 3.40. The zero-order valence-electron chi connectivity index (χ0n) is 15.1. The molecule has 1 aromatic rings. The minimum Gasteiger partial charge on any atom is -0.374 e. The monoisotopic (exact) mass is 370 g/mol. The molecule has 2 aliphatic rings. The van der Waals surface area contributed by atoms with Crippen LogP contribution in [0.3, 0.4) is 0 Å². The van der Waals surface area contributed by atoms with E-state index in [0.717, 1.165) is 17.7 Å². The molecule has 5 nitrogen and oxygen atoms in total. The molecule has 0 bridgehead atoms. The number of carbonyl (C=O) groups is 1. The van der Waals surface area contributed by atoms with E-state index in [-0.39, 0.29) is 18.1 Å². The number of hydrogen-bond donors (Lipinski definition) is 1. The average molecular weight is 370 g/mol. The Morgan fingerprint density at radius 2 is 1.92 bits per heavy atom. The van der Waals surface area contributed by atoms with Crippen molar-refractivity contribution in [1.82, 2.24) is 5.32 Å². The zero-order valence-corrected chi connectivity index (χ0v) is 15.9. The summed E-state index contributed by atoms with van der Waals surface area (Å²) in [6.07, 6.45) is 8.37. The van der Waals surface area contributed by atoms with Crippen LogP contribution in [-0.4, -0.2) is 37.5 Å². The summed E-state index contributed by atoms with van der Waals surface area (Å²) in [5.74, 6) is -0.143. The number of amides is 1. The first-order chi connectivity index (χ1) is 12.6. The van der Waals surface area contributed by atoms with Crippen molar-refractivity contribution >= 4 is 28.5 Å². The lowest BCUT2D eigenvalue weighted by atomic mass is 10.0. The van der Waals surface area contributed by atoms with E-state index in [0.29, 0.717) is 10.1 Å². The second-order valence-electron chi connectivity index (χ2n) is 5.93. The summed E-state index contributed by atoms with van der Waals surface area (Å²) in [6, 6.07) is 8.01. The number of thioether (sulfide) groups is 1. The molecule has 1 amide bonds. The Labute approximate surface area is 157 Å². The van der Waals surface area contributed by atoms with Crippen molar-refractivity contribution in [3.63, 3.8) is 0 Å². The largest absolute Gasteiger partial charge is 0.374 e. The van der Waals surface area contributed by atoms with Crippen molar-refractivity contribution in [2.24, 2.45) is 4.99 Å². The second-order valence-corrected chi connectivity index (χ2v) is 6.96. The Bertz CT molecular complexity index is 794. The van der Waals surface area contributed by atoms with E-state index in [4.69, 9.17) is 9.47 Å². The predicted molar refractivity (Wildman–Crippen MR) is 106 cm³/mol. The number of nitrogens with one attached hydrogen (secondary N) is 1. The van der Waals surface area contributed by atoms with Crippen LogP contribution in [0.1, 0.15) is 12.5 Å². The highest BCUT2D eigenvalue weighted by atomic mass is 32.2. The number of methoxy groups -OCH3 is 2. The molecule has 1 aliphatic heterocycles. The summed E-state index contributed by atoms with van der Waals surface area (Å²) in [4.78, 5) is 17.3. The first-order valence-electron chi connectivity index (χ1n) is 8.47. The Morgan fingerprint density at radius 3 is 2.58 bits per heavy atom. The first-order valence-corrected chi connectivity index (χ1v) is 9.28. The molecule has 0 aromatic heterocycles. The highest BCUT2D eigenvalue weighted by molar-refractivity contribution is 8.18. The van der Waals surface area contributed by atoms with Crippen molar-refractivity contribution in [2.45, 2.75) is 25.6 Å². The number of ether oxygens (including phenoxy) is 2. The third-order valence-electron chi connectivity index (χ3n) is 4.23. The number of hydrogen-bond acceptors (Lipinski definition) is 5. The Morgan fingerprint density at radius 1 is 1.19 bits per heavy atom. The maximum atomic E-state index is 12.2. The summed E-state index contributed by atoms with van der Waals surface area (Å²) in [7, 11) is 3.29. The van der Waals surface area contributed by atoms with Crippen LogP contribution >= 0.6 is 11.8 Å². The lowest BCUT2D eigenvalue weighted by Gasteiger charge is -2.22. The van der Waals surface area contributed by atoms with Crippen LogP contribution in [0.15, 0.2) is 64.0 Å². The number of benzene rings is 1. The minimum atomic E-state index is -0.170. The molecule has 0 saturated carbocycles. The molecule has 1 N–H and O–H groups in total. The number of nitrogens with zero attached hydrogens (tertiary/aromatic N) is 1. The molecule has 1 heterocycles. The number of carbonyl (C=O) groups excluding carboxylic acids is 1. The van der Waals surface area contributed by atoms with Gasteiger partial charge in [0.2, 0.25) is 0 Å². The number of amidine groups is 1. The van der Waals surface area contributed by atoms with E-state index in [2.05, 4.69) is 17.2 Å². The smallest absolute Gasteiger partial charge is 0.264 e. The van der Waals surface area contributed by atoms with Gasteiger partial charge in [-0.25, -0.2) is 4.99 Å². The highest BCUT2D eigenvalue weighted by Gasteiger charge is 2.25. The van der Waals surface area contributed by atoms with Gasteiger partial charge in [-0.05, 0) is 53.6 Å². The summed E-state index contributed by atoms with van der Waals surface area (Å²) < 4.78 is 10.8. The molecule has 0 spiro atoms. The molecule has 3 rings (SSSR count). The zero-order chi connectivity index (χ0) is 18.5. The van der Waals surface area contributed by atoms with Crippen molar-refractivity contribution < 1.29 is 14.3 Å². The van der Waals surface area contributed by atoms with E-state index >= 15 is 0 Å². The van der Waals surface area contributed by atoms with Gasteiger partial charge in [-0.2, -0.15) is 0 Å². The molecule has 1 fully saturated rings. The van der Waals surface area contributed by atoms with E-state index < -0.39 is 0 Å². The van der Waals surface area contributed by atoms with Crippen molar-refractivity contribution in [3.05, 3.63) is 64.6 Å². The highest BCUT2D eigenvalue weighted by Crippen LogP contribution is 2.28. The SMILES string of the molecule is CCc1ccc(N=C2NC(=O)/C(=C/C3=C[C@@H](OC)[C@@H](OC)C=C3)S2)cc1. The maximum Gasteiger partial charge on any atom is 0.264 e. The molecule has 136 valence electrons. The Kier molecular flexibility index (Phi) is 6.08. The third-order valence-corrected chi connectivity index (χ3v) is 5.14. The van der Waals surface area contributed by atoms with Gasteiger partial charge in [0.05, 0.1) is 10.6 Å². The molecular formula is C20H22N2O3S. The van der Waals surface area contributed by atoms with Gasteiger partial charge < -0.3 is 14.8 Å². The Balaban J connectivity index is 1.75. The lowest BCUT2D eigenvalue weighted by molar-refractivity contribution is -0.115. The van der Waals surface area contributed by atoms with Gasteiger partial charge in [0, 0.05) is 14.2 Å². The molecule has 1 aromatic carbocycles. The molecule has 2 atom stereocenters. The van der Waals surface area contributed by atoms with Crippen LogP contribution in [0.5, 0.6) is 0 Å². The average Bonchev–Trinajstić information content (AvgIpc) is 3.01. The van der Waals surface area contributed by atoms with Gasteiger partial charge in [0.25, 0.3) is 5.91 Å². The molecule has 1 aliphatic carbocycles. The van der Waals surface area contributed by atoms with Gasteiger partial charge in [0.15, 0.2) is 5.17 Å². The normalized spacial score (nSPS) is 25.7. The second kappa shape index (κ2) is 8.49. The van der Waals surface area contributed by atoms with Gasteiger partial charge in [-0.1, -0.05) is 31.2 Å². The van der Waals surface area contributed by atoms with Crippen LogP contribution in [0.4, 0.5) is 5.69 Å².